The molecule has 0 spiro atoms. The lowest BCUT2D eigenvalue weighted by molar-refractivity contribution is 0.0338. The second-order valence-corrected chi connectivity index (χ2v) is 7.44. The van der Waals surface area contributed by atoms with Crippen molar-refractivity contribution in [2.75, 3.05) is 13.2 Å². The molecule has 1 saturated heterocycles. The molecule has 2 aromatic heterocycles. The van der Waals surface area contributed by atoms with Crippen LogP contribution in [0.2, 0.25) is 0 Å². The number of hydrogen-bond acceptors (Lipinski definition) is 4. The molecule has 0 unspecified atom stereocenters. The van der Waals surface area contributed by atoms with E-state index in [1.807, 2.05) is 21.7 Å². The molecule has 1 aliphatic carbocycles. The highest BCUT2D eigenvalue weighted by atomic mass is 16.5. The first-order chi connectivity index (χ1) is 12.2. The molecule has 6 nitrogen and oxygen atoms in total. The third-order valence-electron chi connectivity index (χ3n) is 5.63. The molecule has 25 heavy (non-hydrogen) atoms. The molecule has 2 aromatic rings. The van der Waals surface area contributed by atoms with E-state index >= 15 is 0 Å². The number of ether oxygens (including phenoxy) is 1. The summed E-state index contributed by atoms with van der Waals surface area (Å²) in [5.74, 6) is 0.747. The Balaban J connectivity index is 1.61. The SMILES string of the molecule is CC1CCC(N(C[C@H]2CCCO2)C(=O)c2nccn3ccnc23)CC1. The molecule has 2 aliphatic rings. The van der Waals surface area contributed by atoms with Gasteiger partial charge in [0.1, 0.15) is 0 Å². The standard InChI is InChI=1S/C19H26N4O2/c1-14-4-6-15(7-5-14)23(13-16-3-2-12-25-16)19(24)17-18-21-9-11-22(18)10-8-20-17/h8-11,14-16H,2-7,12-13H2,1H3/t14?,15?,16-/m1/s1. The van der Waals surface area contributed by atoms with Gasteiger partial charge in [0.15, 0.2) is 11.3 Å². The smallest absolute Gasteiger partial charge is 0.276 e. The van der Waals surface area contributed by atoms with Gasteiger partial charge in [-0.3, -0.25) is 4.79 Å². The molecular formula is C19H26N4O2. The quantitative estimate of drug-likeness (QED) is 0.857. The van der Waals surface area contributed by atoms with Crippen molar-refractivity contribution in [3.05, 3.63) is 30.5 Å². The number of carbonyl (C=O) groups is 1. The molecule has 1 saturated carbocycles. The largest absolute Gasteiger partial charge is 0.376 e. The van der Waals surface area contributed by atoms with Crippen LogP contribution in [0.15, 0.2) is 24.8 Å². The molecular weight excluding hydrogens is 316 g/mol. The summed E-state index contributed by atoms with van der Waals surface area (Å²) < 4.78 is 7.67. The normalized spacial score (nSPS) is 26.8. The Morgan fingerprint density at radius 1 is 1.20 bits per heavy atom. The maximum absolute atomic E-state index is 13.4. The van der Waals surface area contributed by atoms with Gasteiger partial charge >= 0.3 is 0 Å². The van der Waals surface area contributed by atoms with Crippen molar-refractivity contribution in [2.45, 2.75) is 57.6 Å². The predicted molar refractivity (Wildman–Crippen MR) is 94.4 cm³/mol. The monoisotopic (exact) mass is 342 g/mol. The average molecular weight is 342 g/mol. The van der Waals surface area contributed by atoms with E-state index in [2.05, 4.69) is 16.9 Å². The van der Waals surface area contributed by atoms with Crippen LogP contribution in [0.3, 0.4) is 0 Å². The molecule has 0 bridgehead atoms. The third kappa shape index (κ3) is 3.40. The molecule has 6 heteroatoms. The topological polar surface area (TPSA) is 59.7 Å². The van der Waals surface area contributed by atoms with Gasteiger partial charge in [0, 0.05) is 44.0 Å². The van der Waals surface area contributed by atoms with Crippen molar-refractivity contribution >= 4 is 11.6 Å². The zero-order valence-electron chi connectivity index (χ0n) is 14.8. The summed E-state index contributed by atoms with van der Waals surface area (Å²) in [6.07, 6.45) is 13.8. The number of imidazole rings is 1. The molecule has 2 fully saturated rings. The maximum Gasteiger partial charge on any atom is 0.276 e. The van der Waals surface area contributed by atoms with Gasteiger partial charge in [0.05, 0.1) is 6.10 Å². The van der Waals surface area contributed by atoms with Gasteiger partial charge in [-0.2, -0.15) is 0 Å². The Labute approximate surface area is 148 Å². The highest BCUT2D eigenvalue weighted by Crippen LogP contribution is 2.29. The minimum Gasteiger partial charge on any atom is -0.376 e. The van der Waals surface area contributed by atoms with Crippen molar-refractivity contribution < 1.29 is 9.53 Å². The fourth-order valence-corrected chi connectivity index (χ4v) is 4.10. The van der Waals surface area contributed by atoms with Crippen molar-refractivity contribution in [3.63, 3.8) is 0 Å². The van der Waals surface area contributed by atoms with E-state index in [-0.39, 0.29) is 18.1 Å². The molecule has 134 valence electrons. The van der Waals surface area contributed by atoms with Crippen LogP contribution in [0, 0.1) is 5.92 Å². The number of hydrogen-bond donors (Lipinski definition) is 0. The van der Waals surface area contributed by atoms with Gasteiger partial charge in [-0.1, -0.05) is 6.92 Å². The number of aromatic nitrogens is 3. The van der Waals surface area contributed by atoms with Crippen molar-refractivity contribution in [1.29, 1.82) is 0 Å². The number of amides is 1. The highest BCUT2D eigenvalue weighted by Gasteiger charge is 2.32. The molecule has 3 heterocycles. The predicted octanol–water partition coefficient (Wildman–Crippen LogP) is 2.93. The fraction of sp³-hybridized carbons (Fsp3) is 0.632. The van der Waals surface area contributed by atoms with Gasteiger partial charge in [-0.05, 0) is 44.4 Å². The minimum atomic E-state index is -0.00754. The summed E-state index contributed by atoms with van der Waals surface area (Å²) >= 11 is 0. The summed E-state index contributed by atoms with van der Waals surface area (Å²) in [6.45, 7) is 3.78. The van der Waals surface area contributed by atoms with E-state index in [9.17, 15) is 4.79 Å². The fourth-order valence-electron chi connectivity index (χ4n) is 4.10. The molecule has 1 atom stereocenters. The van der Waals surface area contributed by atoms with Gasteiger partial charge in [0.25, 0.3) is 5.91 Å². The lowest BCUT2D eigenvalue weighted by Gasteiger charge is -2.37. The first-order valence-corrected chi connectivity index (χ1v) is 9.42. The van der Waals surface area contributed by atoms with Crippen molar-refractivity contribution in [2.24, 2.45) is 5.92 Å². The van der Waals surface area contributed by atoms with Gasteiger partial charge in [0.2, 0.25) is 0 Å². The molecule has 0 radical (unpaired) electrons. The summed E-state index contributed by atoms with van der Waals surface area (Å²) in [5, 5.41) is 0. The number of carbonyl (C=O) groups excluding carboxylic acids is 1. The van der Waals surface area contributed by atoms with Crippen LogP contribution in [0.5, 0.6) is 0 Å². The first kappa shape index (κ1) is 16.5. The Kier molecular flexibility index (Phi) is 4.70. The van der Waals surface area contributed by atoms with E-state index in [1.54, 1.807) is 12.4 Å². The zero-order chi connectivity index (χ0) is 17.2. The third-order valence-corrected chi connectivity index (χ3v) is 5.63. The first-order valence-electron chi connectivity index (χ1n) is 9.42. The van der Waals surface area contributed by atoms with Crippen LogP contribution in [-0.2, 0) is 4.74 Å². The second kappa shape index (κ2) is 7.12. The minimum absolute atomic E-state index is 0.00754. The second-order valence-electron chi connectivity index (χ2n) is 7.44. The van der Waals surface area contributed by atoms with E-state index in [0.717, 1.165) is 38.2 Å². The Hall–Kier alpha value is -1.95. The van der Waals surface area contributed by atoms with Gasteiger partial charge in [-0.25, -0.2) is 9.97 Å². The summed E-state index contributed by atoms with van der Waals surface area (Å²) in [6, 6.07) is 0.282. The van der Waals surface area contributed by atoms with E-state index < -0.39 is 0 Å². The van der Waals surface area contributed by atoms with Crippen LogP contribution in [0.25, 0.3) is 5.65 Å². The van der Waals surface area contributed by atoms with Crippen LogP contribution >= 0.6 is 0 Å². The molecule has 1 amide bonds. The molecule has 0 aromatic carbocycles. The van der Waals surface area contributed by atoms with Crippen LogP contribution in [0.4, 0.5) is 0 Å². The van der Waals surface area contributed by atoms with E-state index in [0.29, 0.717) is 17.9 Å². The Morgan fingerprint density at radius 3 is 2.68 bits per heavy atom. The lowest BCUT2D eigenvalue weighted by Crippen LogP contribution is -2.46. The highest BCUT2D eigenvalue weighted by molar-refractivity contribution is 5.98. The number of nitrogens with zero attached hydrogens (tertiary/aromatic N) is 4. The van der Waals surface area contributed by atoms with E-state index in [4.69, 9.17) is 4.74 Å². The van der Waals surface area contributed by atoms with E-state index in [1.165, 1.54) is 12.8 Å². The van der Waals surface area contributed by atoms with Gasteiger partial charge < -0.3 is 14.0 Å². The van der Waals surface area contributed by atoms with Crippen LogP contribution in [0.1, 0.15) is 55.9 Å². The summed E-state index contributed by atoms with van der Waals surface area (Å²) in [5.41, 5.74) is 1.08. The summed E-state index contributed by atoms with van der Waals surface area (Å²) in [4.78, 5) is 24.1. The number of rotatable bonds is 4. The van der Waals surface area contributed by atoms with Gasteiger partial charge in [-0.15, -0.1) is 0 Å². The maximum atomic E-state index is 13.4. The Morgan fingerprint density at radius 2 is 1.96 bits per heavy atom. The Bertz CT molecular complexity index is 730. The zero-order valence-corrected chi connectivity index (χ0v) is 14.8. The van der Waals surface area contributed by atoms with Crippen molar-refractivity contribution in [3.8, 4) is 0 Å². The molecule has 4 rings (SSSR count). The lowest BCUT2D eigenvalue weighted by atomic mass is 9.86. The molecule has 0 N–H and O–H groups in total. The van der Waals surface area contributed by atoms with Crippen LogP contribution in [-0.4, -0.2) is 50.5 Å². The number of fused-ring (bicyclic) bond motifs is 1. The molecule has 1 aliphatic heterocycles. The van der Waals surface area contributed by atoms with Crippen molar-refractivity contribution in [1.82, 2.24) is 19.3 Å². The average Bonchev–Trinajstić information content (AvgIpc) is 3.31. The van der Waals surface area contributed by atoms with Crippen LogP contribution < -0.4 is 0 Å². The summed E-state index contributed by atoms with van der Waals surface area (Å²) in [7, 11) is 0.